The summed E-state index contributed by atoms with van der Waals surface area (Å²) in [6, 6.07) is 12.1. The fourth-order valence-corrected chi connectivity index (χ4v) is 4.58. The molecule has 2 aromatic rings. The topological polar surface area (TPSA) is 141 Å². The molecular formula is C23H29N5O6S. The third-order valence-corrected chi connectivity index (χ3v) is 7.03. The maximum Gasteiger partial charge on any atom is 0.327 e. The number of ether oxygens (including phenoxy) is 1. The average Bonchev–Trinajstić information content (AvgIpc) is 2.88. The van der Waals surface area contributed by atoms with Crippen molar-refractivity contribution in [1.82, 2.24) is 20.1 Å². The minimum atomic E-state index is -4.17. The number of amides is 1. The lowest BCUT2D eigenvalue weighted by Crippen LogP contribution is -2.54. The van der Waals surface area contributed by atoms with Crippen LogP contribution in [0.5, 0.6) is 5.75 Å². The summed E-state index contributed by atoms with van der Waals surface area (Å²) in [7, 11) is -3.03. The van der Waals surface area contributed by atoms with Gasteiger partial charge in [-0.15, -0.1) is 4.41 Å². The summed E-state index contributed by atoms with van der Waals surface area (Å²) in [4.78, 5) is 29.2. The van der Waals surface area contributed by atoms with Gasteiger partial charge < -0.3 is 20.5 Å². The highest BCUT2D eigenvalue weighted by Crippen LogP contribution is 2.21. The van der Waals surface area contributed by atoms with Crippen LogP contribution in [0.2, 0.25) is 0 Å². The Morgan fingerprint density at radius 2 is 1.86 bits per heavy atom. The normalized spacial score (nSPS) is 14.4. The number of aliphatic carboxylic acids is 1. The first-order chi connectivity index (χ1) is 16.7. The van der Waals surface area contributed by atoms with Gasteiger partial charge in [0.1, 0.15) is 18.4 Å². The first kappa shape index (κ1) is 26.0. The number of sulfonamides is 1. The van der Waals surface area contributed by atoms with E-state index in [2.05, 4.69) is 15.6 Å². The number of carbonyl (C=O) groups excluding carboxylic acids is 1. The van der Waals surface area contributed by atoms with E-state index < -0.39 is 27.9 Å². The SMILES string of the molecule is C[C@@H](C(=O)O)N(C(=O)c1ccc(OCCNC2=NCCCN2)cc1)N(C)S(=O)(=O)c1ccccc1. The zero-order valence-corrected chi connectivity index (χ0v) is 20.4. The number of aliphatic imine (C=N–C) groups is 1. The van der Waals surface area contributed by atoms with Gasteiger partial charge >= 0.3 is 5.97 Å². The van der Waals surface area contributed by atoms with Crippen molar-refractivity contribution in [3.8, 4) is 5.75 Å². The predicted molar refractivity (Wildman–Crippen MR) is 130 cm³/mol. The number of hydrogen-bond donors (Lipinski definition) is 3. The van der Waals surface area contributed by atoms with Gasteiger partial charge in [0.2, 0.25) is 0 Å². The number of hydrazine groups is 1. The molecule has 11 nitrogen and oxygen atoms in total. The molecule has 0 fully saturated rings. The highest BCUT2D eigenvalue weighted by molar-refractivity contribution is 7.89. The van der Waals surface area contributed by atoms with Crippen molar-refractivity contribution in [3.05, 3.63) is 60.2 Å². The molecule has 0 radical (unpaired) electrons. The van der Waals surface area contributed by atoms with E-state index in [0.717, 1.165) is 32.5 Å². The van der Waals surface area contributed by atoms with Crippen molar-refractivity contribution in [2.75, 3.05) is 33.3 Å². The number of carbonyl (C=O) groups is 2. The van der Waals surface area contributed by atoms with E-state index >= 15 is 0 Å². The van der Waals surface area contributed by atoms with Gasteiger partial charge in [0.25, 0.3) is 15.9 Å². The van der Waals surface area contributed by atoms with Gasteiger partial charge in [0.05, 0.1) is 11.4 Å². The molecule has 0 bridgehead atoms. The van der Waals surface area contributed by atoms with Gasteiger partial charge in [-0.05, 0) is 49.7 Å². The zero-order valence-electron chi connectivity index (χ0n) is 19.5. The Bertz CT molecular complexity index is 1150. The first-order valence-corrected chi connectivity index (χ1v) is 12.5. The monoisotopic (exact) mass is 503 g/mol. The van der Waals surface area contributed by atoms with Crippen LogP contribution in [0.4, 0.5) is 0 Å². The van der Waals surface area contributed by atoms with E-state index in [1.807, 2.05) is 0 Å². The van der Waals surface area contributed by atoms with Crippen LogP contribution in [0, 0.1) is 0 Å². The van der Waals surface area contributed by atoms with Crippen molar-refractivity contribution in [3.63, 3.8) is 0 Å². The van der Waals surface area contributed by atoms with E-state index in [9.17, 15) is 23.1 Å². The largest absolute Gasteiger partial charge is 0.492 e. The highest BCUT2D eigenvalue weighted by Gasteiger charge is 2.36. The van der Waals surface area contributed by atoms with Crippen molar-refractivity contribution in [2.45, 2.75) is 24.3 Å². The van der Waals surface area contributed by atoms with Crippen LogP contribution in [0.15, 0.2) is 64.5 Å². The smallest absolute Gasteiger partial charge is 0.327 e. The molecule has 0 unspecified atom stereocenters. The number of carboxylic acid groups (broad SMARTS) is 1. The van der Waals surface area contributed by atoms with Crippen LogP contribution in [0.1, 0.15) is 23.7 Å². The minimum absolute atomic E-state index is 0.0652. The highest BCUT2D eigenvalue weighted by atomic mass is 32.2. The first-order valence-electron chi connectivity index (χ1n) is 11.1. The van der Waals surface area contributed by atoms with E-state index in [0.29, 0.717) is 28.3 Å². The number of guanidine groups is 1. The van der Waals surface area contributed by atoms with Crippen molar-refractivity contribution >= 4 is 27.9 Å². The Balaban J connectivity index is 1.70. The van der Waals surface area contributed by atoms with Crippen LogP contribution in [-0.4, -0.2) is 80.1 Å². The Labute approximate surface area is 204 Å². The predicted octanol–water partition coefficient (Wildman–Crippen LogP) is 1.16. The third kappa shape index (κ3) is 6.49. The van der Waals surface area contributed by atoms with Crippen LogP contribution in [0.25, 0.3) is 0 Å². The molecule has 1 aliphatic rings. The lowest BCUT2D eigenvalue weighted by atomic mass is 10.2. The molecule has 1 aliphatic heterocycles. The van der Waals surface area contributed by atoms with E-state index in [1.54, 1.807) is 30.3 Å². The molecule has 2 aromatic carbocycles. The van der Waals surface area contributed by atoms with Gasteiger partial charge in [-0.25, -0.2) is 18.2 Å². The van der Waals surface area contributed by atoms with E-state index in [1.165, 1.54) is 31.2 Å². The van der Waals surface area contributed by atoms with Crippen LogP contribution >= 0.6 is 0 Å². The maximum atomic E-state index is 13.2. The summed E-state index contributed by atoms with van der Waals surface area (Å²) in [5.41, 5.74) is 0.111. The number of rotatable bonds is 10. The summed E-state index contributed by atoms with van der Waals surface area (Å²) in [5.74, 6) is -0.887. The molecule has 0 aromatic heterocycles. The Morgan fingerprint density at radius 1 is 1.17 bits per heavy atom. The van der Waals surface area contributed by atoms with Gasteiger partial charge in [-0.2, -0.15) is 0 Å². The zero-order chi connectivity index (χ0) is 25.4. The molecule has 0 saturated heterocycles. The standard InChI is InChI=1S/C23H29N5O6S/c1-17(22(30)31)28(27(2)35(32,33)20-7-4-3-5-8-20)21(29)18-9-11-19(12-10-18)34-16-15-26-23-24-13-6-14-25-23/h3-5,7-12,17H,6,13-16H2,1-2H3,(H,30,31)(H2,24,25,26)/t17-/m0/s1. The Hall–Kier alpha value is -3.64. The fourth-order valence-electron chi connectivity index (χ4n) is 3.33. The molecule has 0 spiro atoms. The second-order valence-electron chi connectivity index (χ2n) is 7.73. The molecule has 3 N–H and O–H groups in total. The number of hydrogen-bond acceptors (Lipinski definition) is 8. The second-order valence-corrected chi connectivity index (χ2v) is 9.68. The van der Waals surface area contributed by atoms with E-state index in [-0.39, 0.29) is 10.5 Å². The molecule has 0 saturated carbocycles. The van der Waals surface area contributed by atoms with Crippen molar-refractivity contribution in [1.29, 1.82) is 0 Å². The molecule has 12 heteroatoms. The number of benzene rings is 2. The summed E-state index contributed by atoms with van der Waals surface area (Å²) >= 11 is 0. The number of nitrogens with zero attached hydrogens (tertiary/aromatic N) is 3. The molecule has 35 heavy (non-hydrogen) atoms. The van der Waals surface area contributed by atoms with Crippen molar-refractivity contribution < 1.29 is 27.9 Å². The molecule has 3 rings (SSSR count). The Morgan fingerprint density at radius 3 is 2.46 bits per heavy atom. The summed E-state index contributed by atoms with van der Waals surface area (Å²) in [6.45, 7) is 3.78. The van der Waals surface area contributed by atoms with Gasteiger partial charge in [0.15, 0.2) is 5.96 Å². The molecule has 188 valence electrons. The van der Waals surface area contributed by atoms with Gasteiger partial charge in [0, 0.05) is 25.7 Å². The molecular weight excluding hydrogens is 474 g/mol. The summed E-state index contributed by atoms with van der Waals surface area (Å²) in [5, 5.41) is 16.5. The number of nitrogens with one attached hydrogen (secondary N) is 2. The molecule has 1 heterocycles. The third-order valence-electron chi connectivity index (χ3n) is 5.29. The molecule has 1 atom stereocenters. The van der Waals surface area contributed by atoms with Crippen LogP contribution < -0.4 is 15.4 Å². The fraction of sp³-hybridized carbons (Fsp3) is 0.348. The summed E-state index contributed by atoms with van der Waals surface area (Å²) in [6.07, 6.45) is 1.00. The second kappa shape index (κ2) is 11.7. The average molecular weight is 504 g/mol. The lowest BCUT2D eigenvalue weighted by molar-refractivity contribution is -0.144. The maximum absolute atomic E-state index is 13.2. The quantitative estimate of drug-likeness (QED) is 0.324. The van der Waals surface area contributed by atoms with Gasteiger partial charge in [-0.1, -0.05) is 18.2 Å². The van der Waals surface area contributed by atoms with E-state index in [4.69, 9.17) is 4.74 Å². The van der Waals surface area contributed by atoms with Crippen molar-refractivity contribution in [2.24, 2.45) is 4.99 Å². The lowest BCUT2D eigenvalue weighted by Gasteiger charge is -2.33. The van der Waals surface area contributed by atoms with Crippen LogP contribution in [-0.2, 0) is 14.8 Å². The molecule has 0 aliphatic carbocycles. The van der Waals surface area contributed by atoms with Crippen LogP contribution in [0.3, 0.4) is 0 Å². The van der Waals surface area contributed by atoms with Gasteiger partial charge in [-0.3, -0.25) is 9.79 Å². The minimum Gasteiger partial charge on any atom is -0.492 e. The Kier molecular flexibility index (Phi) is 8.66. The summed E-state index contributed by atoms with van der Waals surface area (Å²) < 4.78 is 32.4. The molecule has 1 amide bonds. The number of carboxylic acids is 1.